The Morgan fingerprint density at radius 3 is 2.41 bits per heavy atom. The molecule has 0 aliphatic heterocycles. The van der Waals surface area contributed by atoms with Crippen LogP contribution in [0.3, 0.4) is 0 Å². The van der Waals surface area contributed by atoms with E-state index in [4.69, 9.17) is 12.2 Å². The molecule has 0 bridgehead atoms. The minimum Gasteiger partial charge on any atom is -0.332 e. The van der Waals surface area contributed by atoms with E-state index >= 15 is 0 Å². The summed E-state index contributed by atoms with van der Waals surface area (Å²) in [6, 6.07) is 17.6. The maximum absolute atomic E-state index is 11.8. The van der Waals surface area contributed by atoms with E-state index in [1.165, 1.54) is 11.6 Å². The molecule has 0 atom stereocenters. The van der Waals surface area contributed by atoms with Gasteiger partial charge in [-0.3, -0.25) is 10.1 Å². The molecule has 2 aromatic carbocycles. The average molecular weight is 310 g/mol. The molecule has 0 radical (unpaired) electrons. The van der Waals surface area contributed by atoms with Crippen molar-refractivity contribution in [3.8, 4) is 0 Å². The van der Waals surface area contributed by atoms with Gasteiger partial charge in [0.1, 0.15) is 0 Å². The monoisotopic (exact) mass is 310 g/mol. The standard InChI is InChI=1S/C18H18N2OS/c1-2-14-8-11-16(12-9-14)19-18(22)20-17(21)13-10-15-6-4-3-5-7-15/h3-13H,2H2,1H3,(H2,19,20,21,22)/b13-10-. The quantitative estimate of drug-likeness (QED) is 0.667. The first kappa shape index (κ1) is 15.9. The highest BCUT2D eigenvalue weighted by Crippen LogP contribution is 2.09. The lowest BCUT2D eigenvalue weighted by molar-refractivity contribution is -0.115. The third-order valence-electron chi connectivity index (χ3n) is 3.08. The number of thiocarbonyl (C=S) groups is 1. The lowest BCUT2D eigenvalue weighted by Gasteiger charge is -2.08. The van der Waals surface area contributed by atoms with E-state index in [1.807, 2.05) is 54.6 Å². The topological polar surface area (TPSA) is 41.1 Å². The van der Waals surface area contributed by atoms with Gasteiger partial charge in [0.25, 0.3) is 0 Å². The molecule has 1 amide bonds. The third-order valence-corrected chi connectivity index (χ3v) is 3.29. The van der Waals surface area contributed by atoms with Gasteiger partial charge in [-0.1, -0.05) is 49.4 Å². The van der Waals surface area contributed by atoms with Gasteiger partial charge in [0.05, 0.1) is 0 Å². The van der Waals surface area contributed by atoms with Crippen molar-refractivity contribution in [1.82, 2.24) is 5.32 Å². The lowest BCUT2D eigenvalue weighted by atomic mass is 10.1. The smallest absolute Gasteiger partial charge is 0.250 e. The number of hydrogen-bond acceptors (Lipinski definition) is 2. The van der Waals surface area contributed by atoms with E-state index in [0.29, 0.717) is 0 Å². The fraction of sp³-hybridized carbons (Fsp3) is 0.111. The summed E-state index contributed by atoms with van der Waals surface area (Å²) in [7, 11) is 0. The Hall–Kier alpha value is -2.46. The molecule has 0 fully saturated rings. The highest BCUT2D eigenvalue weighted by molar-refractivity contribution is 7.80. The SMILES string of the molecule is CCc1ccc(NC(=S)NC(=O)/C=C\c2ccccc2)cc1. The average Bonchev–Trinajstić information content (AvgIpc) is 2.54. The summed E-state index contributed by atoms with van der Waals surface area (Å²) in [6.07, 6.45) is 4.20. The summed E-state index contributed by atoms with van der Waals surface area (Å²) in [4.78, 5) is 11.8. The van der Waals surface area contributed by atoms with Crippen molar-refractivity contribution in [2.45, 2.75) is 13.3 Å². The molecule has 0 aliphatic rings. The molecule has 2 aromatic rings. The van der Waals surface area contributed by atoms with Crippen LogP contribution in [0.5, 0.6) is 0 Å². The molecular weight excluding hydrogens is 292 g/mol. The summed E-state index contributed by atoms with van der Waals surface area (Å²) in [5.41, 5.74) is 3.08. The van der Waals surface area contributed by atoms with Crippen LogP contribution in [-0.4, -0.2) is 11.0 Å². The second kappa shape index (κ2) is 8.10. The Bertz CT molecular complexity index is 663. The molecule has 22 heavy (non-hydrogen) atoms. The number of rotatable bonds is 4. The van der Waals surface area contributed by atoms with Crippen LogP contribution in [0.15, 0.2) is 60.7 Å². The van der Waals surface area contributed by atoms with Crippen LogP contribution in [0.2, 0.25) is 0 Å². The largest absolute Gasteiger partial charge is 0.332 e. The van der Waals surface area contributed by atoms with Crippen LogP contribution >= 0.6 is 12.2 Å². The molecular formula is C18H18N2OS. The summed E-state index contributed by atoms with van der Waals surface area (Å²) in [5.74, 6) is -0.258. The van der Waals surface area contributed by atoms with Gasteiger partial charge in [-0.15, -0.1) is 0 Å². The molecule has 4 heteroatoms. The first-order chi connectivity index (χ1) is 10.7. The van der Waals surface area contributed by atoms with Gasteiger partial charge < -0.3 is 5.32 Å². The van der Waals surface area contributed by atoms with Gasteiger partial charge in [-0.05, 0) is 48.0 Å². The zero-order chi connectivity index (χ0) is 15.8. The number of nitrogens with one attached hydrogen (secondary N) is 2. The summed E-state index contributed by atoms with van der Waals surface area (Å²) in [5, 5.41) is 5.89. The van der Waals surface area contributed by atoms with Crippen molar-refractivity contribution in [1.29, 1.82) is 0 Å². The first-order valence-electron chi connectivity index (χ1n) is 7.11. The van der Waals surface area contributed by atoms with Gasteiger partial charge in [-0.25, -0.2) is 0 Å². The highest BCUT2D eigenvalue weighted by atomic mass is 32.1. The first-order valence-corrected chi connectivity index (χ1v) is 7.52. The van der Waals surface area contributed by atoms with Crippen molar-refractivity contribution in [2.24, 2.45) is 0 Å². The van der Waals surface area contributed by atoms with Crippen LogP contribution in [-0.2, 0) is 11.2 Å². The van der Waals surface area contributed by atoms with Gasteiger partial charge in [0.2, 0.25) is 5.91 Å². The summed E-state index contributed by atoms with van der Waals surface area (Å²) in [6.45, 7) is 2.10. The van der Waals surface area contributed by atoms with E-state index in [9.17, 15) is 4.79 Å². The van der Waals surface area contributed by atoms with Crippen LogP contribution in [0.25, 0.3) is 6.08 Å². The van der Waals surface area contributed by atoms with Crippen molar-refractivity contribution in [3.63, 3.8) is 0 Å². The van der Waals surface area contributed by atoms with Crippen molar-refractivity contribution < 1.29 is 4.79 Å². The number of carbonyl (C=O) groups is 1. The van der Waals surface area contributed by atoms with E-state index in [2.05, 4.69) is 17.6 Å². The molecule has 112 valence electrons. The minimum atomic E-state index is -0.258. The van der Waals surface area contributed by atoms with Gasteiger partial charge in [-0.2, -0.15) is 0 Å². The van der Waals surface area contributed by atoms with Crippen molar-refractivity contribution >= 4 is 35.0 Å². The molecule has 2 N–H and O–H groups in total. The van der Waals surface area contributed by atoms with Crippen molar-refractivity contribution in [3.05, 3.63) is 71.8 Å². The zero-order valence-corrected chi connectivity index (χ0v) is 13.2. The second-order valence-electron chi connectivity index (χ2n) is 4.74. The number of aryl methyl sites for hydroxylation is 1. The summed E-state index contributed by atoms with van der Waals surface area (Å²) >= 11 is 5.13. The summed E-state index contributed by atoms with van der Waals surface area (Å²) < 4.78 is 0. The number of hydrogen-bond donors (Lipinski definition) is 2. The predicted octanol–water partition coefficient (Wildman–Crippen LogP) is 3.78. The van der Waals surface area contributed by atoms with E-state index in [1.54, 1.807) is 6.08 Å². The maximum Gasteiger partial charge on any atom is 0.250 e. The van der Waals surface area contributed by atoms with Gasteiger partial charge >= 0.3 is 0 Å². The van der Waals surface area contributed by atoms with Gasteiger partial charge in [0, 0.05) is 11.8 Å². The zero-order valence-electron chi connectivity index (χ0n) is 12.4. The Labute approximate surface area is 136 Å². The van der Waals surface area contributed by atoms with E-state index < -0.39 is 0 Å². The number of benzene rings is 2. The molecule has 0 heterocycles. The third kappa shape index (κ3) is 5.14. The molecule has 0 saturated carbocycles. The Kier molecular flexibility index (Phi) is 5.86. The van der Waals surface area contributed by atoms with Crippen molar-refractivity contribution in [2.75, 3.05) is 5.32 Å². The Balaban J connectivity index is 1.85. The fourth-order valence-corrected chi connectivity index (χ4v) is 2.09. The molecule has 0 unspecified atom stereocenters. The van der Waals surface area contributed by atoms with Crippen LogP contribution in [0.1, 0.15) is 18.1 Å². The molecule has 0 aromatic heterocycles. The van der Waals surface area contributed by atoms with Crippen LogP contribution in [0, 0.1) is 0 Å². The maximum atomic E-state index is 11.8. The molecule has 3 nitrogen and oxygen atoms in total. The highest BCUT2D eigenvalue weighted by Gasteiger charge is 2.01. The number of carbonyl (C=O) groups excluding carboxylic acids is 1. The predicted molar refractivity (Wildman–Crippen MR) is 95.7 cm³/mol. The van der Waals surface area contributed by atoms with Crippen LogP contribution < -0.4 is 10.6 Å². The second-order valence-corrected chi connectivity index (χ2v) is 5.15. The Morgan fingerprint density at radius 2 is 1.77 bits per heavy atom. The number of anilines is 1. The van der Waals surface area contributed by atoms with Crippen LogP contribution in [0.4, 0.5) is 5.69 Å². The lowest BCUT2D eigenvalue weighted by Crippen LogP contribution is -2.32. The molecule has 0 saturated heterocycles. The number of amides is 1. The normalized spacial score (nSPS) is 10.4. The fourth-order valence-electron chi connectivity index (χ4n) is 1.88. The molecule has 0 aliphatic carbocycles. The molecule has 0 spiro atoms. The Morgan fingerprint density at radius 1 is 1.09 bits per heavy atom. The van der Waals surface area contributed by atoms with Gasteiger partial charge in [0.15, 0.2) is 5.11 Å². The van der Waals surface area contributed by atoms with E-state index in [0.717, 1.165) is 17.7 Å². The minimum absolute atomic E-state index is 0.258. The molecule has 2 rings (SSSR count). The van der Waals surface area contributed by atoms with E-state index in [-0.39, 0.29) is 11.0 Å².